The van der Waals surface area contributed by atoms with Gasteiger partial charge in [-0.2, -0.15) is 0 Å². The Morgan fingerprint density at radius 3 is 2.71 bits per heavy atom. The Morgan fingerprint density at radius 1 is 1.35 bits per heavy atom. The van der Waals surface area contributed by atoms with Crippen molar-refractivity contribution in [1.82, 2.24) is 9.55 Å². The average Bonchev–Trinajstić information content (AvgIpc) is 2.90. The molecule has 2 rings (SSSR count). The standard InChI is InChI=1S/C12H12N2O2S/c1-15-11-4-2-10(3-5-11)8-16-12(17)14-7-6-13-9-14/h2-7,9H,8H2,1H3. The summed E-state index contributed by atoms with van der Waals surface area (Å²) in [5, 5.41) is 0.387. The summed E-state index contributed by atoms with van der Waals surface area (Å²) in [4.78, 5) is 3.90. The van der Waals surface area contributed by atoms with Gasteiger partial charge in [-0.3, -0.25) is 4.57 Å². The Bertz CT molecular complexity index is 480. The number of imidazole rings is 1. The molecule has 88 valence electrons. The van der Waals surface area contributed by atoms with Crippen LogP contribution in [0.2, 0.25) is 0 Å². The first-order valence-corrected chi connectivity index (χ1v) is 5.48. The summed E-state index contributed by atoms with van der Waals surface area (Å²) >= 11 is 5.10. The molecule has 0 fully saturated rings. The highest BCUT2D eigenvalue weighted by molar-refractivity contribution is 7.80. The molecule has 0 spiro atoms. The molecule has 0 unspecified atom stereocenters. The first-order chi connectivity index (χ1) is 8.29. The first-order valence-electron chi connectivity index (χ1n) is 5.07. The third-order valence-corrected chi connectivity index (χ3v) is 2.57. The van der Waals surface area contributed by atoms with Crippen LogP contribution < -0.4 is 4.74 Å². The van der Waals surface area contributed by atoms with Gasteiger partial charge in [-0.15, -0.1) is 0 Å². The molecule has 0 atom stereocenters. The van der Waals surface area contributed by atoms with Crippen LogP contribution in [0, 0.1) is 0 Å². The Hall–Kier alpha value is -1.88. The number of hydrogen-bond donors (Lipinski definition) is 0. The van der Waals surface area contributed by atoms with Crippen molar-refractivity contribution >= 4 is 17.4 Å². The lowest BCUT2D eigenvalue weighted by atomic mass is 10.2. The van der Waals surface area contributed by atoms with E-state index in [4.69, 9.17) is 21.7 Å². The van der Waals surface area contributed by atoms with Crippen LogP contribution in [-0.2, 0) is 11.3 Å². The second-order valence-corrected chi connectivity index (χ2v) is 3.72. The van der Waals surface area contributed by atoms with Crippen LogP contribution in [0.4, 0.5) is 0 Å². The van der Waals surface area contributed by atoms with Crippen LogP contribution >= 0.6 is 12.2 Å². The number of methoxy groups -OCH3 is 1. The minimum absolute atomic E-state index is 0.387. The summed E-state index contributed by atoms with van der Waals surface area (Å²) in [6, 6.07) is 7.66. The van der Waals surface area contributed by atoms with Crippen LogP contribution in [0.3, 0.4) is 0 Å². The van der Waals surface area contributed by atoms with Gasteiger partial charge in [-0.1, -0.05) is 12.1 Å². The lowest BCUT2D eigenvalue weighted by molar-refractivity contribution is 0.288. The van der Waals surface area contributed by atoms with E-state index in [-0.39, 0.29) is 0 Å². The van der Waals surface area contributed by atoms with Crippen molar-refractivity contribution in [2.75, 3.05) is 7.11 Å². The third kappa shape index (κ3) is 3.04. The Labute approximate surface area is 105 Å². The number of ether oxygens (including phenoxy) is 2. The molecule has 0 aliphatic heterocycles. The third-order valence-electron chi connectivity index (χ3n) is 2.24. The van der Waals surface area contributed by atoms with Crippen molar-refractivity contribution in [2.24, 2.45) is 0 Å². The van der Waals surface area contributed by atoms with Crippen LogP contribution in [0.15, 0.2) is 43.0 Å². The quantitative estimate of drug-likeness (QED) is 0.781. The molecule has 0 radical (unpaired) electrons. The van der Waals surface area contributed by atoms with Crippen LogP contribution in [0.25, 0.3) is 0 Å². The largest absolute Gasteiger partial charge is 0.497 e. The molecule has 5 heteroatoms. The van der Waals surface area contributed by atoms with Gasteiger partial charge in [-0.25, -0.2) is 4.98 Å². The minimum Gasteiger partial charge on any atom is -0.497 e. The summed E-state index contributed by atoms with van der Waals surface area (Å²) in [5.41, 5.74) is 1.04. The van der Waals surface area contributed by atoms with Crippen molar-refractivity contribution in [3.05, 3.63) is 48.5 Å². The number of benzene rings is 1. The predicted octanol–water partition coefficient (Wildman–Crippen LogP) is 2.24. The topological polar surface area (TPSA) is 36.3 Å². The summed E-state index contributed by atoms with van der Waals surface area (Å²) < 4.78 is 12.2. The van der Waals surface area contributed by atoms with E-state index in [0.717, 1.165) is 11.3 Å². The molecule has 2 aromatic rings. The molecule has 0 saturated heterocycles. The number of aromatic nitrogens is 2. The second-order valence-electron chi connectivity index (χ2n) is 3.37. The van der Waals surface area contributed by atoms with Crippen molar-refractivity contribution in [3.63, 3.8) is 0 Å². The zero-order valence-corrected chi connectivity index (χ0v) is 10.2. The molecular weight excluding hydrogens is 236 g/mol. The maximum Gasteiger partial charge on any atom is 0.269 e. The monoisotopic (exact) mass is 248 g/mol. The second kappa shape index (κ2) is 5.45. The highest BCUT2D eigenvalue weighted by Crippen LogP contribution is 2.12. The fourth-order valence-corrected chi connectivity index (χ4v) is 1.48. The number of thiocarbonyl (C=S) groups is 1. The van der Waals surface area contributed by atoms with Crippen LogP contribution in [0.5, 0.6) is 5.75 Å². The molecule has 0 N–H and O–H groups in total. The SMILES string of the molecule is COc1ccc(COC(=S)n2ccnc2)cc1. The molecule has 1 aromatic heterocycles. The molecule has 4 nitrogen and oxygen atoms in total. The van der Waals surface area contributed by atoms with E-state index >= 15 is 0 Å². The summed E-state index contributed by atoms with van der Waals surface area (Å²) in [6.07, 6.45) is 5.01. The number of hydrogen-bond acceptors (Lipinski definition) is 4. The zero-order chi connectivity index (χ0) is 12.1. The first kappa shape index (κ1) is 11.6. The lowest BCUT2D eigenvalue weighted by Crippen LogP contribution is -2.11. The molecule has 17 heavy (non-hydrogen) atoms. The molecule has 0 aliphatic rings. The van der Waals surface area contributed by atoms with E-state index in [0.29, 0.717) is 11.8 Å². The van der Waals surface area contributed by atoms with Gasteiger partial charge in [0.2, 0.25) is 0 Å². The van der Waals surface area contributed by atoms with Crippen LogP contribution in [0.1, 0.15) is 5.56 Å². The lowest BCUT2D eigenvalue weighted by Gasteiger charge is -2.08. The fraction of sp³-hybridized carbons (Fsp3) is 0.167. The maximum absolute atomic E-state index is 5.46. The van der Waals surface area contributed by atoms with Crippen LogP contribution in [-0.4, -0.2) is 21.8 Å². The highest BCUT2D eigenvalue weighted by Gasteiger charge is 2.01. The molecule has 0 aliphatic carbocycles. The van der Waals surface area contributed by atoms with E-state index in [1.165, 1.54) is 0 Å². The van der Waals surface area contributed by atoms with E-state index in [1.54, 1.807) is 30.4 Å². The van der Waals surface area contributed by atoms with Crippen molar-refractivity contribution < 1.29 is 9.47 Å². The van der Waals surface area contributed by atoms with Crippen molar-refractivity contribution in [1.29, 1.82) is 0 Å². The van der Waals surface area contributed by atoms with Gasteiger partial charge in [0.05, 0.1) is 7.11 Å². The molecule has 1 aromatic carbocycles. The van der Waals surface area contributed by atoms with E-state index in [9.17, 15) is 0 Å². The molecule has 0 bridgehead atoms. The summed E-state index contributed by atoms with van der Waals surface area (Å²) in [7, 11) is 1.64. The van der Waals surface area contributed by atoms with Gasteiger partial charge >= 0.3 is 0 Å². The van der Waals surface area contributed by atoms with E-state index in [2.05, 4.69) is 4.98 Å². The fourth-order valence-electron chi connectivity index (χ4n) is 1.31. The van der Waals surface area contributed by atoms with Gasteiger partial charge in [0.1, 0.15) is 18.7 Å². The van der Waals surface area contributed by atoms with Gasteiger partial charge in [0.25, 0.3) is 5.17 Å². The van der Waals surface area contributed by atoms with Gasteiger partial charge in [0, 0.05) is 12.4 Å². The molecule has 0 saturated carbocycles. The number of nitrogens with zero attached hydrogens (tertiary/aromatic N) is 2. The zero-order valence-electron chi connectivity index (χ0n) is 9.37. The number of rotatable bonds is 3. The highest BCUT2D eigenvalue weighted by atomic mass is 32.1. The summed E-state index contributed by atoms with van der Waals surface area (Å²) in [5.74, 6) is 0.825. The van der Waals surface area contributed by atoms with Gasteiger partial charge in [-0.05, 0) is 29.9 Å². The van der Waals surface area contributed by atoms with Gasteiger partial charge in [0.15, 0.2) is 0 Å². The molecule has 1 heterocycles. The summed E-state index contributed by atoms with van der Waals surface area (Å²) in [6.45, 7) is 0.432. The smallest absolute Gasteiger partial charge is 0.269 e. The Morgan fingerprint density at radius 2 is 2.12 bits per heavy atom. The predicted molar refractivity (Wildman–Crippen MR) is 68.0 cm³/mol. The average molecular weight is 248 g/mol. The normalized spacial score (nSPS) is 9.94. The van der Waals surface area contributed by atoms with Crippen molar-refractivity contribution in [2.45, 2.75) is 6.61 Å². The van der Waals surface area contributed by atoms with Gasteiger partial charge < -0.3 is 9.47 Å². The van der Waals surface area contributed by atoms with Crippen molar-refractivity contribution in [3.8, 4) is 5.75 Å². The Balaban J connectivity index is 1.91. The van der Waals surface area contributed by atoms with E-state index < -0.39 is 0 Å². The molecule has 0 amide bonds. The minimum atomic E-state index is 0.387. The molecular formula is C12H12N2O2S. The Kier molecular flexibility index (Phi) is 3.72. The maximum atomic E-state index is 5.46. The van der Waals surface area contributed by atoms with E-state index in [1.807, 2.05) is 24.3 Å².